The Balaban J connectivity index is 1.58. The summed E-state index contributed by atoms with van der Waals surface area (Å²) >= 11 is 0. The molecule has 2 aromatic rings. The molecule has 5 heteroatoms. The van der Waals surface area contributed by atoms with Crippen molar-refractivity contribution >= 4 is 28.9 Å². The lowest BCUT2D eigenvalue weighted by Crippen LogP contribution is -2.28. The van der Waals surface area contributed by atoms with E-state index in [-0.39, 0.29) is 17.7 Å². The summed E-state index contributed by atoms with van der Waals surface area (Å²) in [6.45, 7) is 3.09. The number of carbonyl (C=O) groups excluding carboxylic acids is 2. The number of benzene rings is 2. The highest BCUT2D eigenvalue weighted by molar-refractivity contribution is 5.97. The highest BCUT2D eigenvalue weighted by Crippen LogP contribution is 2.22. The zero-order valence-electron chi connectivity index (χ0n) is 13.7. The topological polar surface area (TPSA) is 61.4 Å². The van der Waals surface area contributed by atoms with Crippen molar-refractivity contribution in [2.24, 2.45) is 5.92 Å². The molecule has 0 saturated carbocycles. The van der Waals surface area contributed by atoms with Crippen molar-refractivity contribution in [3.05, 3.63) is 54.6 Å². The van der Waals surface area contributed by atoms with E-state index in [1.54, 1.807) is 4.90 Å². The first-order chi connectivity index (χ1) is 11.7. The van der Waals surface area contributed by atoms with E-state index < -0.39 is 0 Å². The lowest BCUT2D eigenvalue weighted by Gasteiger charge is -2.14. The van der Waals surface area contributed by atoms with Gasteiger partial charge in [0.05, 0.1) is 5.92 Å². The van der Waals surface area contributed by atoms with Crippen LogP contribution in [0.1, 0.15) is 13.3 Å². The van der Waals surface area contributed by atoms with Crippen LogP contribution in [0.3, 0.4) is 0 Å². The zero-order chi connectivity index (χ0) is 16.9. The van der Waals surface area contributed by atoms with E-state index in [4.69, 9.17) is 0 Å². The van der Waals surface area contributed by atoms with Crippen LogP contribution in [0, 0.1) is 5.92 Å². The highest BCUT2D eigenvalue weighted by atomic mass is 16.2. The molecule has 0 aliphatic carbocycles. The summed E-state index contributed by atoms with van der Waals surface area (Å²) in [7, 11) is 0. The summed E-state index contributed by atoms with van der Waals surface area (Å²) in [5.74, 6) is -0.303. The minimum atomic E-state index is -0.264. The van der Waals surface area contributed by atoms with Crippen LogP contribution in [0.15, 0.2) is 54.6 Å². The number of para-hydroxylation sites is 1. The molecule has 3 rings (SSSR count). The van der Waals surface area contributed by atoms with Crippen LogP contribution in [0.25, 0.3) is 0 Å². The number of likely N-dealkylation sites (tertiary alicyclic amines) is 1. The van der Waals surface area contributed by atoms with Gasteiger partial charge in [-0.25, -0.2) is 0 Å². The average Bonchev–Trinajstić information content (AvgIpc) is 2.99. The number of rotatable bonds is 5. The SMILES string of the molecule is CCN1C[C@H](C(=O)Nc2ccc(Nc3ccccc3)cc2)CC1=O. The smallest absolute Gasteiger partial charge is 0.229 e. The predicted octanol–water partition coefficient (Wildman–Crippen LogP) is 3.24. The van der Waals surface area contributed by atoms with Gasteiger partial charge in [-0.3, -0.25) is 9.59 Å². The lowest BCUT2D eigenvalue weighted by atomic mass is 10.1. The van der Waals surface area contributed by atoms with Gasteiger partial charge in [0, 0.05) is 36.6 Å². The molecule has 0 unspecified atom stereocenters. The molecule has 1 heterocycles. The average molecular weight is 323 g/mol. The van der Waals surface area contributed by atoms with E-state index in [2.05, 4.69) is 10.6 Å². The normalized spacial score (nSPS) is 17.0. The Bertz CT molecular complexity index is 713. The monoisotopic (exact) mass is 323 g/mol. The van der Waals surface area contributed by atoms with Crippen molar-refractivity contribution in [2.45, 2.75) is 13.3 Å². The van der Waals surface area contributed by atoms with Gasteiger partial charge in [-0.05, 0) is 43.3 Å². The molecule has 1 aliphatic heterocycles. The van der Waals surface area contributed by atoms with Crippen molar-refractivity contribution in [1.29, 1.82) is 0 Å². The van der Waals surface area contributed by atoms with Gasteiger partial charge in [0.25, 0.3) is 0 Å². The van der Waals surface area contributed by atoms with Crippen molar-refractivity contribution in [2.75, 3.05) is 23.7 Å². The van der Waals surface area contributed by atoms with Gasteiger partial charge in [0.2, 0.25) is 11.8 Å². The largest absolute Gasteiger partial charge is 0.356 e. The molecular weight excluding hydrogens is 302 g/mol. The molecule has 2 amide bonds. The molecule has 124 valence electrons. The summed E-state index contributed by atoms with van der Waals surface area (Å²) < 4.78 is 0. The number of anilines is 3. The third-order valence-corrected chi connectivity index (χ3v) is 4.18. The van der Waals surface area contributed by atoms with Crippen molar-refractivity contribution in [3.8, 4) is 0 Å². The Morgan fingerprint density at radius 1 is 1.04 bits per heavy atom. The number of nitrogens with one attached hydrogen (secondary N) is 2. The molecule has 2 N–H and O–H groups in total. The first-order valence-electron chi connectivity index (χ1n) is 8.16. The molecule has 5 nitrogen and oxygen atoms in total. The molecule has 0 radical (unpaired) electrons. The van der Waals surface area contributed by atoms with E-state index in [1.807, 2.05) is 61.5 Å². The second kappa shape index (κ2) is 7.17. The molecule has 24 heavy (non-hydrogen) atoms. The molecule has 1 fully saturated rings. The molecule has 1 saturated heterocycles. The molecule has 0 spiro atoms. The van der Waals surface area contributed by atoms with Crippen LogP contribution in [0.5, 0.6) is 0 Å². The summed E-state index contributed by atoms with van der Waals surface area (Å²) in [4.78, 5) is 25.7. The fourth-order valence-electron chi connectivity index (χ4n) is 2.82. The molecule has 1 atom stereocenters. The number of hydrogen-bond acceptors (Lipinski definition) is 3. The molecule has 2 aromatic carbocycles. The number of amides is 2. The lowest BCUT2D eigenvalue weighted by molar-refractivity contribution is -0.128. The Kier molecular flexibility index (Phi) is 4.79. The van der Waals surface area contributed by atoms with Crippen molar-refractivity contribution < 1.29 is 9.59 Å². The third kappa shape index (κ3) is 3.74. The van der Waals surface area contributed by atoms with Gasteiger partial charge in [-0.15, -0.1) is 0 Å². The predicted molar refractivity (Wildman–Crippen MR) is 95.2 cm³/mol. The molecular formula is C19H21N3O2. The maximum atomic E-state index is 12.3. The van der Waals surface area contributed by atoms with Gasteiger partial charge < -0.3 is 15.5 Å². The minimum absolute atomic E-state index is 0.0556. The first-order valence-corrected chi connectivity index (χ1v) is 8.16. The third-order valence-electron chi connectivity index (χ3n) is 4.18. The van der Waals surface area contributed by atoms with E-state index in [1.165, 1.54) is 0 Å². The Morgan fingerprint density at radius 2 is 1.67 bits per heavy atom. The van der Waals surface area contributed by atoms with Crippen LogP contribution in [-0.4, -0.2) is 29.8 Å². The van der Waals surface area contributed by atoms with Gasteiger partial charge >= 0.3 is 0 Å². The Labute approximate surface area is 141 Å². The Morgan fingerprint density at radius 3 is 2.29 bits per heavy atom. The first kappa shape index (κ1) is 16.1. The van der Waals surface area contributed by atoms with Crippen LogP contribution in [0.2, 0.25) is 0 Å². The fraction of sp³-hybridized carbons (Fsp3) is 0.263. The second-order valence-corrected chi connectivity index (χ2v) is 5.89. The number of hydrogen-bond donors (Lipinski definition) is 2. The highest BCUT2D eigenvalue weighted by Gasteiger charge is 2.33. The van der Waals surface area contributed by atoms with Crippen molar-refractivity contribution in [3.63, 3.8) is 0 Å². The summed E-state index contributed by atoms with van der Waals surface area (Å²) in [6.07, 6.45) is 0.299. The van der Waals surface area contributed by atoms with E-state index in [0.717, 1.165) is 17.1 Å². The standard InChI is InChI=1S/C19H21N3O2/c1-2-22-13-14(12-18(22)23)19(24)21-17-10-8-16(9-11-17)20-15-6-4-3-5-7-15/h3-11,14,20H,2,12-13H2,1H3,(H,21,24)/t14-/m1/s1. The number of carbonyl (C=O) groups is 2. The minimum Gasteiger partial charge on any atom is -0.356 e. The maximum absolute atomic E-state index is 12.3. The van der Waals surface area contributed by atoms with E-state index >= 15 is 0 Å². The van der Waals surface area contributed by atoms with E-state index in [9.17, 15) is 9.59 Å². The summed E-state index contributed by atoms with van der Waals surface area (Å²) in [5, 5.41) is 6.19. The fourth-order valence-corrected chi connectivity index (χ4v) is 2.82. The molecule has 0 aromatic heterocycles. The maximum Gasteiger partial charge on any atom is 0.229 e. The quantitative estimate of drug-likeness (QED) is 0.888. The molecule has 0 bridgehead atoms. The zero-order valence-corrected chi connectivity index (χ0v) is 13.7. The Hall–Kier alpha value is -2.82. The van der Waals surface area contributed by atoms with Gasteiger partial charge in [0.1, 0.15) is 0 Å². The molecule has 1 aliphatic rings. The number of nitrogens with zero attached hydrogens (tertiary/aromatic N) is 1. The van der Waals surface area contributed by atoms with Crippen LogP contribution >= 0.6 is 0 Å². The van der Waals surface area contributed by atoms with E-state index in [0.29, 0.717) is 19.5 Å². The summed E-state index contributed by atoms with van der Waals surface area (Å²) in [5.41, 5.74) is 2.70. The van der Waals surface area contributed by atoms with Crippen LogP contribution in [-0.2, 0) is 9.59 Å². The van der Waals surface area contributed by atoms with Crippen LogP contribution in [0.4, 0.5) is 17.1 Å². The van der Waals surface area contributed by atoms with Gasteiger partial charge in [-0.2, -0.15) is 0 Å². The van der Waals surface area contributed by atoms with Crippen LogP contribution < -0.4 is 10.6 Å². The summed E-state index contributed by atoms with van der Waals surface area (Å²) in [6, 6.07) is 17.4. The van der Waals surface area contributed by atoms with Crippen molar-refractivity contribution in [1.82, 2.24) is 4.90 Å². The van der Waals surface area contributed by atoms with Gasteiger partial charge in [-0.1, -0.05) is 18.2 Å². The van der Waals surface area contributed by atoms with Gasteiger partial charge in [0.15, 0.2) is 0 Å². The second-order valence-electron chi connectivity index (χ2n) is 5.89.